The lowest BCUT2D eigenvalue weighted by atomic mass is 9.97. The van der Waals surface area contributed by atoms with E-state index in [4.69, 9.17) is 0 Å². The van der Waals surface area contributed by atoms with Crippen LogP contribution in [0.25, 0.3) is 0 Å². The summed E-state index contributed by atoms with van der Waals surface area (Å²) in [5, 5.41) is 13.7. The van der Waals surface area contributed by atoms with Crippen molar-refractivity contribution in [3.63, 3.8) is 0 Å². The zero-order valence-corrected chi connectivity index (χ0v) is 11.3. The van der Waals surface area contributed by atoms with Crippen LogP contribution in [0.4, 0.5) is 11.4 Å². The SMILES string of the molecule is CNC(=O)C1CN(c2ccc(C(C)=O)cc2[N+](=O)[O-])C1. The van der Waals surface area contributed by atoms with Crippen LogP contribution >= 0.6 is 0 Å². The molecule has 0 aliphatic carbocycles. The van der Waals surface area contributed by atoms with Gasteiger partial charge in [-0.1, -0.05) is 0 Å². The molecule has 0 radical (unpaired) electrons. The minimum Gasteiger partial charge on any atom is -0.364 e. The predicted octanol–water partition coefficient (Wildman–Crippen LogP) is 0.980. The quantitative estimate of drug-likeness (QED) is 0.503. The van der Waals surface area contributed by atoms with Gasteiger partial charge in [-0.2, -0.15) is 0 Å². The minimum absolute atomic E-state index is 0.0655. The molecule has 1 aliphatic rings. The van der Waals surface area contributed by atoms with E-state index >= 15 is 0 Å². The van der Waals surface area contributed by atoms with Gasteiger partial charge in [-0.05, 0) is 19.1 Å². The molecule has 1 saturated heterocycles. The number of ketones is 1. The number of hydrogen-bond donors (Lipinski definition) is 1. The van der Waals surface area contributed by atoms with Crippen molar-refractivity contribution in [1.82, 2.24) is 5.32 Å². The van der Waals surface area contributed by atoms with E-state index in [1.165, 1.54) is 13.0 Å². The summed E-state index contributed by atoms with van der Waals surface area (Å²) in [7, 11) is 1.56. The third kappa shape index (κ3) is 2.47. The lowest BCUT2D eigenvalue weighted by molar-refractivity contribution is -0.384. The summed E-state index contributed by atoms with van der Waals surface area (Å²) in [6, 6.07) is 4.41. The molecule has 0 unspecified atom stereocenters. The number of amides is 1. The number of Topliss-reactive ketones (excluding diaryl/α,β-unsaturated/α-hetero) is 1. The molecule has 7 nitrogen and oxygen atoms in total. The van der Waals surface area contributed by atoms with E-state index < -0.39 is 4.92 Å². The number of carbonyl (C=O) groups excluding carboxylic acids is 2. The predicted molar refractivity (Wildman–Crippen MR) is 72.9 cm³/mol. The van der Waals surface area contributed by atoms with Gasteiger partial charge in [-0.25, -0.2) is 0 Å². The smallest absolute Gasteiger partial charge is 0.293 e. The van der Waals surface area contributed by atoms with Gasteiger partial charge in [-0.15, -0.1) is 0 Å². The second-order valence-electron chi connectivity index (χ2n) is 4.73. The number of benzene rings is 1. The molecule has 0 atom stereocenters. The van der Waals surface area contributed by atoms with Gasteiger partial charge < -0.3 is 10.2 Å². The van der Waals surface area contributed by atoms with E-state index in [9.17, 15) is 19.7 Å². The highest BCUT2D eigenvalue weighted by atomic mass is 16.6. The molecule has 0 spiro atoms. The molecule has 106 valence electrons. The largest absolute Gasteiger partial charge is 0.364 e. The number of hydrogen-bond acceptors (Lipinski definition) is 5. The number of nitro benzene ring substituents is 1. The maximum Gasteiger partial charge on any atom is 0.293 e. The summed E-state index contributed by atoms with van der Waals surface area (Å²) in [4.78, 5) is 35.1. The molecular formula is C13H15N3O4. The molecule has 1 aromatic carbocycles. The summed E-state index contributed by atoms with van der Waals surface area (Å²) in [5.74, 6) is -0.428. The second kappa shape index (κ2) is 5.28. The Morgan fingerprint density at radius 1 is 1.40 bits per heavy atom. The molecule has 1 aromatic rings. The van der Waals surface area contributed by atoms with Crippen molar-refractivity contribution in [2.45, 2.75) is 6.92 Å². The molecule has 1 amide bonds. The number of nitrogens with zero attached hydrogens (tertiary/aromatic N) is 2. The molecule has 0 saturated carbocycles. The Kier molecular flexibility index (Phi) is 3.69. The first-order valence-electron chi connectivity index (χ1n) is 6.20. The molecule has 7 heteroatoms. The fraction of sp³-hybridized carbons (Fsp3) is 0.385. The van der Waals surface area contributed by atoms with Crippen LogP contribution in [-0.2, 0) is 4.79 Å². The average molecular weight is 277 g/mol. The zero-order valence-electron chi connectivity index (χ0n) is 11.3. The standard InChI is InChI=1S/C13H15N3O4/c1-8(17)9-3-4-11(12(5-9)16(19)20)15-6-10(7-15)13(18)14-2/h3-5,10H,6-7H2,1-2H3,(H,14,18). The van der Waals surface area contributed by atoms with Crippen molar-refractivity contribution in [2.75, 3.05) is 25.0 Å². The van der Waals surface area contributed by atoms with E-state index in [2.05, 4.69) is 5.32 Å². The van der Waals surface area contributed by atoms with Gasteiger partial charge in [0.1, 0.15) is 5.69 Å². The van der Waals surface area contributed by atoms with E-state index in [0.717, 1.165) is 0 Å². The molecule has 1 heterocycles. The molecule has 1 N–H and O–H groups in total. The van der Waals surface area contributed by atoms with Crippen LogP contribution in [0.5, 0.6) is 0 Å². The molecule has 2 rings (SSSR count). The monoisotopic (exact) mass is 277 g/mol. The Morgan fingerprint density at radius 2 is 2.05 bits per heavy atom. The molecule has 0 bridgehead atoms. The van der Waals surface area contributed by atoms with Gasteiger partial charge in [0.15, 0.2) is 5.78 Å². The van der Waals surface area contributed by atoms with Crippen LogP contribution in [0.1, 0.15) is 17.3 Å². The third-order valence-electron chi connectivity index (χ3n) is 3.42. The van der Waals surface area contributed by atoms with Gasteiger partial charge in [0, 0.05) is 31.8 Å². The molecule has 20 heavy (non-hydrogen) atoms. The average Bonchev–Trinajstić information content (AvgIpc) is 2.36. The van der Waals surface area contributed by atoms with Crippen molar-refractivity contribution in [3.8, 4) is 0 Å². The van der Waals surface area contributed by atoms with Crippen LogP contribution < -0.4 is 10.2 Å². The lowest BCUT2D eigenvalue weighted by Gasteiger charge is -2.39. The summed E-state index contributed by atoms with van der Waals surface area (Å²) < 4.78 is 0. The van der Waals surface area contributed by atoms with Gasteiger partial charge in [0.25, 0.3) is 5.69 Å². The normalized spacial score (nSPS) is 14.6. The fourth-order valence-corrected chi connectivity index (χ4v) is 2.20. The lowest BCUT2D eigenvalue weighted by Crippen LogP contribution is -2.53. The first-order chi connectivity index (χ1) is 9.43. The maximum absolute atomic E-state index is 11.4. The van der Waals surface area contributed by atoms with Gasteiger partial charge in [0.05, 0.1) is 10.8 Å². The van der Waals surface area contributed by atoms with Crippen molar-refractivity contribution < 1.29 is 14.5 Å². The summed E-state index contributed by atoms with van der Waals surface area (Å²) >= 11 is 0. The van der Waals surface area contributed by atoms with Crippen molar-refractivity contribution in [2.24, 2.45) is 5.92 Å². The molecule has 1 aliphatic heterocycles. The third-order valence-corrected chi connectivity index (χ3v) is 3.42. The van der Waals surface area contributed by atoms with Crippen LogP contribution in [0, 0.1) is 16.0 Å². The number of rotatable bonds is 4. The Morgan fingerprint density at radius 3 is 2.55 bits per heavy atom. The van der Waals surface area contributed by atoms with Gasteiger partial charge in [0.2, 0.25) is 5.91 Å². The van der Waals surface area contributed by atoms with Crippen LogP contribution in [0.2, 0.25) is 0 Å². The summed E-state index contributed by atoms with van der Waals surface area (Å²) in [6.07, 6.45) is 0. The fourth-order valence-electron chi connectivity index (χ4n) is 2.20. The van der Waals surface area contributed by atoms with Crippen molar-refractivity contribution >= 4 is 23.1 Å². The first kappa shape index (κ1) is 14.0. The Bertz CT molecular complexity index is 579. The Labute approximate surface area is 115 Å². The van der Waals surface area contributed by atoms with Crippen LogP contribution in [0.3, 0.4) is 0 Å². The zero-order chi connectivity index (χ0) is 14.9. The Balaban J connectivity index is 2.23. The van der Waals surface area contributed by atoms with E-state index in [1.54, 1.807) is 24.1 Å². The first-order valence-corrected chi connectivity index (χ1v) is 6.20. The number of anilines is 1. The molecular weight excluding hydrogens is 262 g/mol. The highest BCUT2D eigenvalue weighted by Crippen LogP contribution is 2.34. The van der Waals surface area contributed by atoms with E-state index in [-0.39, 0.29) is 23.3 Å². The van der Waals surface area contributed by atoms with Crippen molar-refractivity contribution in [1.29, 1.82) is 0 Å². The second-order valence-corrected chi connectivity index (χ2v) is 4.73. The number of nitrogens with one attached hydrogen (secondary N) is 1. The maximum atomic E-state index is 11.4. The number of nitro groups is 1. The van der Waals surface area contributed by atoms with Crippen LogP contribution in [0.15, 0.2) is 18.2 Å². The summed E-state index contributed by atoms with van der Waals surface area (Å²) in [5.41, 5.74) is 0.650. The molecule has 0 aromatic heterocycles. The Hall–Kier alpha value is -2.44. The van der Waals surface area contributed by atoms with Crippen LogP contribution in [-0.4, -0.2) is 36.8 Å². The van der Waals surface area contributed by atoms with E-state index in [0.29, 0.717) is 24.3 Å². The van der Waals surface area contributed by atoms with Crippen molar-refractivity contribution in [3.05, 3.63) is 33.9 Å². The van der Waals surface area contributed by atoms with Gasteiger partial charge in [-0.3, -0.25) is 19.7 Å². The highest BCUT2D eigenvalue weighted by molar-refractivity contribution is 5.95. The highest BCUT2D eigenvalue weighted by Gasteiger charge is 2.35. The summed E-state index contributed by atoms with van der Waals surface area (Å²) in [6.45, 7) is 2.25. The minimum atomic E-state index is -0.505. The van der Waals surface area contributed by atoms with E-state index in [1.807, 2.05) is 0 Å². The molecule has 1 fully saturated rings. The number of carbonyl (C=O) groups is 2. The topological polar surface area (TPSA) is 92.6 Å². The van der Waals surface area contributed by atoms with Gasteiger partial charge >= 0.3 is 0 Å².